The van der Waals surface area contributed by atoms with Crippen LogP contribution in [0.25, 0.3) is 0 Å². The van der Waals surface area contributed by atoms with Gasteiger partial charge in [-0.2, -0.15) is 5.26 Å². The molecule has 4 heteroatoms. The van der Waals surface area contributed by atoms with E-state index in [-0.39, 0.29) is 0 Å². The van der Waals surface area contributed by atoms with Crippen LogP contribution < -0.4 is 5.32 Å². The topological polar surface area (TPSA) is 48.3 Å². The van der Waals surface area contributed by atoms with Gasteiger partial charge in [0.15, 0.2) is 0 Å². The summed E-state index contributed by atoms with van der Waals surface area (Å²) in [6, 6.07) is 3.05. The molecule has 1 saturated carbocycles. The van der Waals surface area contributed by atoms with Crippen LogP contribution in [0.5, 0.6) is 0 Å². The first-order valence-electron chi connectivity index (χ1n) is 8.20. The highest BCUT2D eigenvalue weighted by Crippen LogP contribution is 2.29. The van der Waals surface area contributed by atoms with Crippen LogP contribution in [0.15, 0.2) is 0 Å². The van der Waals surface area contributed by atoms with Gasteiger partial charge in [-0.3, -0.25) is 10.2 Å². The number of ether oxygens (including phenoxy) is 1. The molecule has 0 radical (unpaired) electrons. The lowest BCUT2D eigenvalue weighted by molar-refractivity contribution is -0.0891. The fourth-order valence-corrected chi connectivity index (χ4v) is 3.41. The predicted octanol–water partition coefficient (Wildman–Crippen LogP) is 2.30. The number of hydrogen-bond acceptors (Lipinski definition) is 4. The van der Waals surface area contributed by atoms with Gasteiger partial charge in [0.1, 0.15) is 5.54 Å². The Kier molecular flexibility index (Phi) is 5.83. The number of nitrogens with one attached hydrogen (secondary N) is 1. The first-order valence-corrected chi connectivity index (χ1v) is 8.20. The number of morpholine rings is 1. The van der Waals surface area contributed by atoms with E-state index in [0.29, 0.717) is 12.1 Å². The van der Waals surface area contributed by atoms with Crippen LogP contribution in [-0.4, -0.2) is 48.8 Å². The van der Waals surface area contributed by atoms with Gasteiger partial charge in [-0.25, -0.2) is 0 Å². The van der Waals surface area contributed by atoms with Gasteiger partial charge in [0.25, 0.3) is 0 Å². The van der Waals surface area contributed by atoms with Gasteiger partial charge in [0.05, 0.1) is 18.8 Å². The van der Waals surface area contributed by atoms with Crippen molar-refractivity contribution in [1.82, 2.24) is 10.2 Å². The third kappa shape index (κ3) is 3.94. The van der Waals surface area contributed by atoms with Crippen molar-refractivity contribution in [1.29, 1.82) is 5.26 Å². The number of rotatable bonds is 6. The van der Waals surface area contributed by atoms with Crippen molar-refractivity contribution in [2.75, 3.05) is 26.2 Å². The fourth-order valence-electron chi connectivity index (χ4n) is 3.41. The molecule has 3 unspecified atom stereocenters. The zero-order valence-electron chi connectivity index (χ0n) is 13.0. The lowest BCUT2D eigenvalue weighted by Crippen LogP contribution is -2.54. The normalized spacial score (nSPS) is 30.2. The molecule has 1 heterocycles. The van der Waals surface area contributed by atoms with Crippen molar-refractivity contribution < 1.29 is 4.74 Å². The highest BCUT2D eigenvalue weighted by Gasteiger charge is 2.35. The van der Waals surface area contributed by atoms with Crippen molar-refractivity contribution in [3.8, 4) is 6.07 Å². The molecule has 0 aromatic carbocycles. The average Bonchev–Trinajstić information content (AvgIpc) is 2.51. The summed E-state index contributed by atoms with van der Waals surface area (Å²) in [7, 11) is 0. The lowest BCUT2D eigenvalue weighted by atomic mass is 9.89. The fraction of sp³-hybridized carbons (Fsp3) is 0.938. The first-order chi connectivity index (χ1) is 9.68. The molecule has 1 N–H and O–H groups in total. The number of hydrogen-bond donors (Lipinski definition) is 1. The third-order valence-corrected chi connectivity index (χ3v) is 4.76. The summed E-state index contributed by atoms with van der Waals surface area (Å²) in [6.07, 6.45) is 7.51. The Balaban J connectivity index is 1.86. The Bertz CT molecular complexity index is 339. The minimum absolute atomic E-state index is 0.390. The van der Waals surface area contributed by atoms with Gasteiger partial charge in [0, 0.05) is 19.1 Å². The van der Waals surface area contributed by atoms with E-state index >= 15 is 0 Å². The van der Waals surface area contributed by atoms with E-state index in [2.05, 4.69) is 23.2 Å². The minimum Gasteiger partial charge on any atom is -0.375 e. The van der Waals surface area contributed by atoms with E-state index in [1.54, 1.807) is 0 Å². The molecular formula is C16H29N3O. The molecule has 4 nitrogen and oxygen atoms in total. The summed E-state index contributed by atoms with van der Waals surface area (Å²) in [4.78, 5) is 2.57. The molecule has 0 aromatic rings. The molecule has 1 aliphatic heterocycles. The Morgan fingerprint density at radius 1 is 1.40 bits per heavy atom. The molecule has 0 spiro atoms. The summed E-state index contributed by atoms with van der Waals surface area (Å²) in [5, 5.41) is 12.8. The van der Waals surface area contributed by atoms with E-state index < -0.39 is 5.54 Å². The molecular weight excluding hydrogens is 250 g/mol. The van der Waals surface area contributed by atoms with Gasteiger partial charge in [-0.05, 0) is 39.2 Å². The molecule has 2 aliphatic rings. The molecule has 0 aromatic heterocycles. The summed E-state index contributed by atoms with van der Waals surface area (Å²) in [5.41, 5.74) is -0.390. The van der Waals surface area contributed by atoms with E-state index in [1.807, 2.05) is 6.92 Å². The quantitative estimate of drug-likeness (QED) is 0.810. The average molecular weight is 279 g/mol. The second-order valence-corrected chi connectivity index (χ2v) is 6.42. The minimum atomic E-state index is -0.390. The van der Waals surface area contributed by atoms with Crippen LogP contribution in [0, 0.1) is 11.3 Å². The second kappa shape index (κ2) is 7.40. The van der Waals surface area contributed by atoms with Gasteiger partial charge < -0.3 is 4.74 Å². The summed E-state index contributed by atoms with van der Waals surface area (Å²) >= 11 is 0. The van der Waals surface area contributed by atoms with Crippen LogP contribution in [-0.2, 0) is 4.74 Å². The maximum atomic E-state index is 9.42. The van der Waals surface area contributed by atoms with Gasteiger partial charge in [0.2, 0.25) is 0 Å². The van der Waals surface area contributed by atoms with Crippen LogP contribution in [0.4, 0.5) is 0 Å². The lowest BCUT2D eigenvalue weighted by Gasteiger charge is -2.44. The predicted molar refractivity (Wildman–Crippen MR) is 80.5 cm³/mol. The molecule has 2 rings (SSSR count). The van der Waals surface area contributed by atoms with Crippen LogP contribution >= 0.6 is 0 Å². The van der Waals surface area contributed by atoms with Crippen LogP contribution in [0.3, 0.4) is 0 Å². The van der Waals surface area contributed by atoms with Gasteiger partial charge in [-0.15, -0.1) is 0 Å². The van der Waals surface area contributed by atoms with Crippen molar-refractivity contribution in [2.24, 2.45) is 0 Å². The standard InChI is InChI=1S/C16H29N3O/c1-3-9-18-16(2,13-17)8-10-19-11-12-20-15-7-5-4-6-14(15)19/h14-15,18H,3-12H2,1-2H3. The zero-order chi connectivity index (χ0) is 14.4. The smallest absolute Gasteiger partial charge is 0.105 e. The highest BCUT2D eigenvalue weighted by molar-refractivity contribution is 5.04. The highest BCUT2D eigenvalue weighted by atomic mass is 16.5. The Morgan fingerprint density at radius 2 is 2.20 bits per heavy atom. The van der Waals surface area contributed by atoms with Gasteiger partial charge >= 0.3 is 0 Å². The van der Waals surface area contributed by atoms with Crippen molar-refractivity contribution >= 4 is 0 Å². The monoisotopic (exact) mass is 279 g/mol. The first kappa shape index (κ1) is 15.8. The van der Waals surface area contributed by atoms with Crippen molar-refractivity contribution in [2.45, 2.75) is 70.1 Å². The second-order valence-electron chi connectivity index (χ2n) is 6.42. The summed E-state index contributed by atoms with van der Waals surface area (Å²) < 4.78 is 5.91. The molecule has 0 bridgehead atoms. The van der Waals surface area contributed by atoms with Crippen LogP contribution in [0.1, 0.15) is 52.4 Å². The van der Waals surface area contributed by atoms with E-state index in [0.717, 1.165) is 39.1 Å². The van der Waals surface area contributed by atoms with Crippen LogP contribution in [0.2, 0.25) is 0 Å². The molecule has 0 amide bonds. The SMILES string of the molecule is CCCNC(C)(C#N)CCN1CCOC2CCCCC21. The zero-order valence-corrected chi connectivity index (χ0v) is 13.0. The molecule has 20 heavy (non-hydrogen) atoms. The Hall–Kier alpha value is -0.630. The van der Waals surface area contributed by atoms with Gasteiger partial charge in [-0.1, -0.05) is 19.8 Å². The number of nitriles is 1. The summed E-state index contributed by atoms with van der Waals surface area (Å²) in [6.45, 7) is 7.97. The van der Waals surface area contributed by atoms with E-state index in [4.69, 9.17) is 4.74 Å². The maximum Gasteiger partial charge on any atom is 0.105 e. The Labute approximate surface area is 123 Å². The molecule has 114 valence electrons. The largest absolute Gasteiger partial charge is 0.375 e. The molecule has 1 saturated heterocycles. The van der Waals surface area contributed by atoms with E-state index in [9.17, 15) is 5.26 Å². The van der Waals surface area contributed by atoms with E-state index in [1.165, 1.54) is 25.7 Å². The molecule has 1 aliphatic carbocycles. The third-order valence-electron chi connectivity index (χ3n) is 4.76. The van der Waals surface area contributed by atoms with Crippen molar-refractivity contribution in [3.05, 3.63) is 0 Å². The summed E-state index contributed by atoms with van der Waals surface area (Å²) in [5.74, 6) is 0. The van der Waals surface area contributed by atoms with Crippen molar-refractivity contribution in [3.63, 3.8) is 0 Å². The maximum absolute atomic E-state index is 9.42. The number of nitrogens with zero attached hydrogens (tertiary/aromatic N) is 2. The molecule has 2 fully saturated rings. The Morgan fingerprint density at radius 3 is 2.95 bits per heavy atom. The number of fused-ring (bicyclic) bond motifs is 1. The molecule has 3 atom stereocenters.